The highest BCUT2D eigenvalue weighted by molar-refractivity contribution is 6.30. The number of halogens is 1. The molecule has 4 aromatic rings. The van der Waals surface area contributed by atoms with Gasteiger partial charge in [-0.1, -0.05) is 37.8 Å². The average molecular weight is 564 g/mol. The van der Waals surface area contributed by atoms with Crippen molar-refractivity contribution in [1.29, 1.82) is 0 Å². The number of ether oxygens (including phenoxy) is 1. The van der Waals surface area contributed by atoms with Crippen molar-refractivity contribution in [3.05, 3.63) is 40.1 Å². The van der Waals surface area contributed by atoms with Crippen LogP contribution in [0, 0.1) is 11.8 Å². The first-order chi connectivity index (χ1) is 19.6. The Labute approximate surface area is 237 Å². The van der Waals surface area contributed by atoms with Crippen molar-refractivity contribution in [2.24, 2.45) is 11.8 Å². The molecule has 0 radical (unpaired) electrons. The molecule has 4 aromatic heterocycles. The Morgan fingerprint density at radius 2 is 1.93 bits per heavy atom. The van der Waals surface area contributed by atoms with Gasteiger partial charge in [0.2, 0.25) is 5.95 Å². The number of nitrogens with zero attached hydrogens (tertiary/aromatic N) is 6. The summed E-state index contributed by atoms with van der Waals surface area (Å²) in [7, 11) is 0. The molecule has 0 amide bonds. The molecule has 1 N–H and O–H groups in total. The minimum atomic E-state index is -0.627. The smallest absolute Gasteiger partial charge is 0.386 e. The first kappa shape index (κ1) is 25.7. The fourth-order valence-electron chi connectivity index (χ4n) is 6.98. The van der Waals surface area contributed by atoms with Gasteiger partial charge in [-0.3, -0.25) is 4.98 Å². The van der Waals surface area contributed by atoms with E-state index in [0.29, 0.717) is 35.0 Å². The van der Waals surface area contributed by atoms with Crippen LogP contribution in [0.3, 0.4) is 0 Å². The fraction of sp³-hybridized carbons (Fsp3) is 0.552. The van der Waals surface area contributed by atoms with Gasteiger partial charge in [0.05, 0.1) is 40.5 Å². The van der Waals surface area contributed by atoms with Crippen molar-refractivity contribution >= 4 is 28.6 Å². The van der Waals surface area contributed by atoms with E-state index in [1.807, 2.05) is 12.1 Å². The topological polar surface area (TPSA) is 115 Å². The number of rotatable bonds is 6. The molecule has 11 heteroatoms. The van der Waals surface area contributed by atoms with Crippen LogP contribution in [0.15, 0.2) is 33.7 Å². The second-order valence-electron chi connectivity index (χ2n) is 11.5. The van der Waals surface area contributed by atoms with E-state index in [1.165, 1.54) is 32.1 Å². The minimum Gasteiger partial charge on any atom is -0.386 e. The lowest BCUT2D eigenvalue weighted by Crippen LogP contribution is -2.49. The molecule has 40 heavy (non-hydrogen) atoms. The Hall–Kier alpha value is -3.24. The molecule has 3 fully saturated rings. The Morgan fingerprint density at radius 1 is 1.07 bits per heavy atom. The Morgan fingerprint density at radius 3 is 2.70 bits per heavy atom. The molecule has 0 bridgehead atoms. The zero-order valence-electron chi connectivity index (χ0n) is 22.7. The molecule has 0 unspecified atom stereocenters. The molecular weight excluding hydrogens is 530 g/mol. The summed E-state index contributed by atoms with van der Waals surface area (Å²) in [5.41, 5.74) is 3.63. The van der Waals surface area contributed by atoms with Crippen LogP contribution in [0.2, 0.25) is 5.02 Å². The van der Waals surface area contributed by atoms with E-state index in [-0.39, 0.29) is 12.0 Å². The molecule has 5 heterocycles. The minimum absolute atomic E-state index is 0.124. The highest BCUT2D eigenvalue weighted by atomic mass is 35.5. The maximum absolute atomic E-state index is 11.8. The maximum Gasteiger partial charge on any atom is 0.434 e. The predicted molar refractivity (Wildman–Crippen MR) is 152 cm³/mol. The molecule has 7 rings (SSSR count). The van der Waals surface area contributed by atoms with E-state index < -0.39 is 5.76 Å². The zero-order chi connectivity index (χ0) is 27.2. The van der Waals surface area contributed by atoms with Gasteiger partial charge in [-0.15, -0.1) is 5.10 Å². The molecule has 2 saturated carbocycles. The molecule has 1 aliphatic heterocycles. The number of imidazole rings is 1. The van der Waals surface area contributed by atoms with E-state index in [2.05, 4.69) is 31.6 Å². The van der Waals surface area contributed by atoms with E-state index in [0.717, 1.165) is 60.8 Å². The molecular formula is C29H34ClN7O3. The second kappa shape index (κ2) is 10.6. The number of nitrogens with one attached hydrogen (secondary N) is 1. The normalized spacial score (nSPS) is 25.0. The summed E-state index contributed by atoms with van der Waals surface area (Å²) in [6.07, 6.45) is 13.2. The molecule has 0 aromatic carbocycles. The number of pyridine rings is 2. The number of hydrogen-bond donors (Lipinski definition) is 1. The quantitative estimate of drug-likeness (QED) is 0.329. The molecule has 3 aliphatic rings. The molecule has 210 valence electrons. The van der Waals surface area contributed by atoms with Crippen molar-refractivity contribution in [3.63, 3.8) is 0 Å². The van der Waals surface area contributed by atoms with Gasteiger partial charge in [-0.05, 0) is 56.1 Å². The number of fused-ring (bicyclic) bond motifs is 2. The summed E-state index contributed by atoms with van der Waals surface area (Å²) in [5, 5.41) is 6.92. The summed E-state index contributed by atoms with van der Waals surface area (Å²) in [6, 6.07) is 4.05. The third kappa shape index (κ3) is 4.71. The van der Waals surface area contributed by atoms with Gasteiger partial charge in [-0.2, -0.15) is 0 Å². The van der Waals surface area contributed by atoms with E-state index in [4.69, 9.17) is 30.7 Å². The van der Waals surface area contributed by atoms with Crippen molar-refractivity contribution < 1.29 is 9.15 Å². The van der Waals surface area contributed by atoms with Gasteiger partial charge < -0.3 is 18.6 Å². The van der Waals surface area contributed by atoms with Crippen LogP contribution in [-0.2, 0) is 11.3 Å². The number of aromatic amines is 1. The summed E-state index contributed by atoms with van der Waals surface area (Å²) in [5.74, 6) is 1.85. The van der Waals surface area contributed by atoms with Gasteiger partial charge in [-0.25, -0.2) is 19.9 Å². The van der Waals surface area contributed by atoms with Crippen LogP contribution in [-0.4, -0.2) is 55.0 Å². The highest BCUT2D eigenvalue weighted by Crippen LogP contribution is 2.40. The van der Waals surface area contributed by atoms with Crippen LogP contribution >= 0.6 is 11.6 Å². The molecule has 10 nitrogen and oxygen atoms in total. The first-order valence-corrected chi connectivity index (χ1v) is 14.9. The van der Waals surface area contributed by atoms with Crippen LogP contribution < -0.4 is 10.7 Å². The van der Waals surface area contributed by atoms with Gasteiger partial charge in [0.15, 0.2) is 0 Å². The monoisotopic (exact) mass is 563 g/mol. The number of hydrogen-bond acceptors (Lipinski definition) is 8. The highest BCUT2D eigenvalue weighted by Gasteiger charge is 2.39. The number of anilines is 1. The first-order valence-electron chi connectivity index (χ1n) is 14.5. The van der Waals surface area contributed by atoms with Crippen LogP contribution in [0.1, 0.15) is 58.3 Å². The lowest BCUT2D eigenvalue weighted by molar-refractivity contribution is 0.0247. The van der Waals surface area contributed by atoms with Gasteiger partial charge in [0.1, 0.15) is 5.69 Å². The Balaban J connectivity index is 1.42. The fourth-order valence-corrected chi connectivity index (χ4v) is 7.16. The molecule has 0 spiro atoms. The third-order valence-electron chi connectivity index (χ3n) is 9.06. The Kier molecular flexibility index (Phi) is 6.83. The van der Waals surface area contributed by atoms with Gasteiger partial charge in [0, 0.05) is 31.0 Å². The standard InChI is InChI=1S/C29H34ClN7O3/c1-2-17-6-8-18(9-7-17)16-37-26-21(33-28(37)36-10-11-39-24-5-3-4-23(24)36)13-22(27-34-35-29(38)40-27)32-25(26)19-12-20(30)15-31-14-19/h12-15,17-18,23-24H,2-11,16H2,1H3,(H,35,38)/t17?,18?,23-,24-/m1/s1. The largest absolute Gasteiger partial charge is 0.434 e. The van der Waals surface area contributed by atoms with Crippen molar-refractivity contribution in [2.45, 2.75) is 77.0 Å². The van der Waals surface area contributed by atoms with Crippen molar-refractivity contribution in [1.82, 2.24) is 29.7 Å². The second-order valence-corrected chi connectivity index (χ2v) is 11.9. The Bertz CT molecular complexity index is 1570. The van der Waals surface area contributed by atoms with E-state index >= 15 is 0 Å². The number of aromatic nitrogens is 6. The summed E-state index contributed by atoms with van der Waals surface area (Å²) in [4.78, 5) is 28.9. The van der Waals surface area contributed by atoms with Crippen LogP contribution in [0.25, 0.3) is 33.9 Å². The number of H-pyrrole nitrogens is 1. The SMILES string of the molecule is CCC1CCC(Cn2c(N3CCO[C@@H]4CCC[C@H]43)nc3cc(-c4n[nH]c(=O)o4)nc(-c4cncc(Cl)c4)c32)CC1. The van der Waals surface area contributed by atoms with Crippen molar-refractivity contribution in [2.75, 3.05) is 18.1 Å². The molecule has 2 atom stereocenters. The average Bonchev–Trinajstić information content (AvgIpc) is 3.71. The third-order valence-corrected chi connectivity index (χ3v) is 9.27. The summed E-state index contributed by atoms with van der Waals surface area (Å²) < 4.78 is 13.8. The molecule has 1 saturated heterocycles. The maximum atomic E-state index is 11.8. The van der Waals surface area contributed by atoms with Crippen LogP contribution in [0.4, 0.5) is 5.95 Å². The predicted octanol–water partition coefficient (Wildman–Crippen LogP) is 5.46. The number of morpholine rings is 1. The lowest BCUT2D eigenvalue weighted by Gasteiger charge is -2.39. The van der Waals surface area contributed by atoms with Gasteiger partial charge >= 0.3 is 5.76 Å². The summed E-state index contributed by atoms with van der Waals surface area (Å²) >= 11 is 6.40. The van der Waals surface area contributed by atoms with E-state index in [9.17, 15) is 4.79 Å². The lowest BCUT2D eigenvalue weighted by atomic mass is 9.81. The zero-order valence-corrected chi connectivity index (χ0v) is 23.4. The molecule has 2 aliphatic carbocycles. The van der Waals surface area contributed by atoms with E-state index in [1.54, 1.807) is 12.4 Å². The van der Waals surface area contributed by atoms with Crippen LogP contribution in [0.5, 0.6) is 0 Å². The summed E-state index contributed by atoms with van der Waals surface area (Å²) in [6.45, 7) is 4.67. The van der Waals surface area contributed by atoms with Crippen molar-refractivity contribution in [3.8, 4) is 22.8 Å². The van der Waals surface area contributed by atoms with Gasteiger partial charge in [0.25, 0.3) is 5.89 Å².